The molecular weight excluding hydrogens is 587 g/mol. The molecule has 0 radical (unpaired) electrons. The van der Waals surface area contributed by atoms with Crippen LogP contribution < -0.4 is 10.5 Å². The van der Waals surface area contributed by atoms with Crippen molar-refractivity contribution in [3.05, 3.63) is 60.9 Å². The molecule has 5 heterocycles. The SMILES string of the molecule is CC(C)(C)OC(=O)CN1CC(N2CC(N3CC[C@@H](n4nc(-c5ccc(Oc6ccccc6)cc5)c5c(N)ncnc54)[C@H](F)C3)C2)C1. The summed E-state index contributed by atoms with van der Waals surface area (Å²) in [6, 6.07) is 17.5. The number of nitrogen functional groups attached to an aromatic ring is 1. The van der Waals surface area contributed by atoms with Crippen LogP contribution in [0.25, 0.3) is 22.3 Å². The van der Waals surface area contributed by atoms with Crippen LogP contribution in [-0.4, -0.2) is 110 Å². The van der Waals surface area contributed by atoms with Crippen molar-refractivity contribution in [3.63, 3.8) is 0 Å². The van der Waals surface area contributed by atoms with Crippen molar-refractivity contribution in [3.8, 4) is 22.8 Å². The average Bonchev–Trinajstić information content (AvgIpc) is 3.36. The summed E-state index contributed by atoms with van der Waals surface area (Å²) >= 11 is 0. The second kappa shape index (κ2) is 12.2. The Morgan fingerprint density at radius 2 is 1.63 bits per heavy atom. The number of nitrogens with zero attached hydrogens (tertiary/aromatic N) is 7. The minimum absolute atomic E-state index is 0.179. The number of carbonyl (C=O) groups is 1. The molecule has 3 fully saturated rings. The summed E-state index contributed by atoms with van der Waals surface area (Å²) in [6.45, 7) is 10.7. The van der Waals surface area contributed by atoms with Gasteiger partial charge in [-0.25, -0.2) is 19.0 Å². The van der Waals surface area contributed by atoms with Crippen LogP contribution in [0.15, 0.2) is 60.9 Å². The van der Waals surface area contributed by atoms with Crippen LogP contribution in [-0.2, 0) is 9.53 Å². The van der Waals surface area contributed by atoms with E-state index in [0.717, 1.165) is 44.0 Å². The summed E-state index contributed by atoms with van der Waals surface area (Å²) in [5.74, 6) is 1.59. The number of ether oxygens (including phenoxy) is 2. The van der Waals surface area contributed by atoms with Gasteiger partial charge in [0.1, 0.15) is 41.1 Å². The van der Waals surface area contributed by atoms with Gasteiger partial charge in [-0.1, -0.05) is 18.2 Å². The van der Waals surface area contributed by atoms with E-state index in [1.165, 1.54) is 6.33 Å². The molecule has 11 nitrogen and oxygen atoms in total. The van der Waals surface area contributed by atoms with E-state index in [1.807, 2.05) is 75.4 Å². The number of benzene rings is 2. The smallest absolute Gasteiger partial charge is 0.320 e. The lowest BCUT2D eigenvalue weighted by molar-refractivity contribution is -0.159. The number of anilines is 1. The number of nitrogens with two attached hydrogens (primary N) is 1. The summed E-state index contributed by atoms with van der Waals surface area (Å²) in [6.07, 6.45) is 0.926. The van der Waals surface area contributed by atoms with Crippen molar-refractivity contribution in [2.24, 2.45) is 0 Å². The number of likely N-dealkylation sites (tertiary alicyclic amines) is 3. The Bertz CT molecular complexity index is 1680. The van der Waals surface area contributed by atoms with Gasteiger partial charge in [0.25, 0.3) is 0 Å². The fourth-order valence-corrected chi connectivity index (χ4v) is 6.73. The highest BCUT2D eigenvalue weighted by molar-refractivity contribution is 5.98. The largest absolute Gasteiger partial charge is 0.459 e. The molecule has 242 valence electrons. The van der Waals surface area contributed by atoms with Gasteiger partial charge in [0.2, 0.25) is 0 Å². The van der Waals surface area contributed by atoms with Crippen LogP contribution >= 0.6 is 0 Å². The maximum absolute atomic E-state index is 16.0. The van der Waals surface area contributed by atoms with E-state index >= 15 is 4.39 Å². The van der Waals surface area contributed by atoms with Crippen molar-refractivity contribution in [2.45, 2.75) is 57.1 Å². The average molecular weight is 629 g/mol. The van der Waals surface area contributed by atoms with E-state index in [0.29, 0.717) is 59.9 Å². The molecule has 2 atom stereocenters. The number of aromatic nitrogens is 4. The molecule has 0 bridgehead atoms. The second-order valence-corrected chi connectivity index (χ2v) is 13.6. The van der Waals surface area contributed by atoms with Crippen molar-refractivity contribution in [1.29, 1.82) is 0 Å². The molecule has 4 aromatic rings. The Morgan fingerprint density at radius 1 is 0.935 bits per heavy atom. The molecule has 0 amide bonds. The summed E-state index contributed by atoms with van der Waals surface area (Å²) in [5.41, 5.74) is 7.88. The standard InChI is InChI=1S/C34H41FN8O3/c1-34(2,3)46-29(44)20-40-15-23(16-40)42-17-24(18-42)41-14-13-28(27(35)19-41)43-33-30(32(36)37-21-38-33)31(39-43)22-9-11-26(12-10-22)45-25-7-5-4-6-8-25/h4-12,21,23-24,27-28H,13-20H2,1-3H3,(H2,36,37,38)/t27-,28-/m1/s1. The third-order valence-corrected chi connectivity index (χ3v) is 9.11. The Kier molecular flexibility index (Phi) is 8.12. The van der Waals surface area contributed by atoms with Crippen LogP contribution in [0.1, 0.15) is 33.2 Å². The minimum atomic E-state index is -1.11. The van der Waals surface area contributed by atoms with Crippen LogP contribution in [0.3, 0.4) is 0 Å². The lowest BCUT2D eigenvalue weighted by Gasteiger charge is -2.55. The van der Waals surface area contributed by atoms with E-state index in [9.17, 15) is 4.79 Å². The maximum atomic E-state index is 16.0. The summed E-state index contributed by atoms with van der Waals surface area (Å²) in [7, 11) is 0. The van der Waals surface area contributed by atoms with Gasteiger partial charge in [0, 0.05) is 56.9 Å². The lowest BCUT2D eigenvalue weighted by Crippen LogP contribution is -2.70. The number of halogens is 1. The molecule has 0 aliphatic carbocycles. The molecule has 3 aliphatic rings. The quantitative estimate of drug-likeness (QED) is 0.285. The Hall–Kier alpha value is -4.13. The van der Waals surface area contributed by atoms with Gasteiger partial charge >= 0.3 is 5.97 Å². The van der Waals surface area contributed by atoms with Gasteiger partial charge in [0.05, 0.1) is 18.0 Å². The third-order valence-electron chi connectivity index (χ3n) is 9.11. The fourth-order valence-electron chi connectivity index (χ4n) is 6.73. The number of piperidine rings is 1. The molecule has 2 N–H and O–H groups in total. The minimum Gasteiger partial charge on any atom is -0.459 e. The first-order valence-electron chi connectivity index (χ1n) is 16.0. The normalized spacial score (nSPS) is 22.0. The van der Waals surface area contributed by atoms with Crippen LogP contribution in [0.5, 0.6) is 11.5 Å². The lowest BCUT2D eigenvalue weighted by atomic mass is 9.95. The molecule has 46 heavy (non-hydrogen) atoms. The number of hydrogen-bond acceptors (Lipinski definition) is 10. The van der Waals surface area contributed by atoms with Crippen LogP contribution in [0.2, 0.25) is 0 Å². The van der Waals surface area contributed by atoms with Gasteiger partial charge in [0.15, 0.2) is 5.65 Å². The molecule has 0 spiro atoms. The fraction of sp³-hybridized carbons (Fsp3) is 0.471. The number of rotatable bonds is 8. The van der Waals surface area contributed by atoms with Crippen LogP contribution in [0.4, 0.5) is 10.2 Å². The predicted octanol–water partition coefficient (Wildman–Crippen LogP) is 4.16. The molecule has 3 saturated heterocycles. The van der Waals surface area contributed by atoms with Gasteiger partial charge in [-0.3, -0.25) is 19.5 Å². The van der Waals surface area contributed by atoms with E-state index in [2.05, 4.69) is 24.7 Å². The number of para-hydroxylation sites is 1. The van der Waals surface area contributed by atoms with Gasteiger partial charge in [-0.05, 0) is 63.6 Å². The number of esters is 1. The summed E-state index contributed by atoms with van der Waals surface area (Å²) in [4.78, 5) is 27.7. The number of fused-ring (bicyclic) bond motifs is 1. The zero-order valence-electron chi connectivity index (χ0n) is 26.6. The molecule has 2 aromatic carbocycles. The molecular formula is C34H41FN8O3. The molecule has 0 unspecified atom stereocenters. The first-order chi connectivity index (χ1) is 22.1. The Morgan fingerprint density at radius 3 is 2.33 bits per heavy atom. The van der Waals surface area contributed by atoms with Gasteiger partial charge in [-0.15, -0.1) is 0 Å². The molecule has 3 aliphatic heterocycles. The van der Waals surface area contributed by atoms with E-state index in [-0.39, 0.29) is 5.97 Å². The van der Waals surface area contributed by atoms with Crippen molar-refractivity contribution in [2.75, 3.05) is 51.5 Å². The summed E-state index contributed by atoms with van der Waals surface area (Å²) in [5, 5.41) is 5.53. The van der Waals surface area contributed by atoms with E-state index in [1.54, 1.807) is 4.68 Å². The highest BCUT2D eigenvalue weighted by atomic mass is 19.1. The predicted molar refractivity (Wildman–Crippen MR) is 173 cm³/mol. The van der Waals surface area contributed by atoms with Crippen molar-refractivity contribution >= 4 is 22.8 Å². The van der Waals surface area contributed by atoms with Gasteiger partial charge in [-0.2, -0.15) is 5.10 Å². The second-order valence-electron chi connectivity index (χ2n) is 13.6. The maximum Gasteiger partial charge on any atom is 0.320 e. The Balaban J connectivity index is 0.973. The van der Waals surface area contributed by atoms with Gasteiger partial charge < -0.3 is 15.2 Å². The van der Waals surface area contributed by atoms with Crippen molar-refractivity contribution in [1.82, 2.24) is 34.4 Å². The zero-order chi connectivity index (χ0) is 32.0. The van der Waals surface area contributed by atoms with Crippen LogP contribution in [0, 0.1) is 0 Å². The highest BCUT2D eigenvalue weighted by Crippen LogP contribution is 2.37. The number of carbonyl (C=O) groups excluding carboxylic acids is 1. The zero-order valence-corrected chi connectivity index (χ0v) is 26.6. The van der Waals surface area contributed by atoms with E-state index in [4.69, 9.17) is 20.3 Å². The first-order valence-corrected chi connectivity index (χ1v) is 16.0. The highest BCUT2D eigenvalue weighted by Gasteiger charge is 2.44. The first kappa shape index (κ1) is 30.5. The van der Waals surface area contributed by atoms with E-state index < -0.39 is 17.8 Å². The number of alkyl halides is 1. The molecule has 12 heteroatoms. The Labute approximate surface area is 268 Å². The van der Waals surface area contributed by atoms with Crippen molar-refractivity contribution < 1.29 is 18.7 Å². The molecule has 0 saturated carbocycles. The third kappa shape index (κ3) is 6.29. The molecule has 2 aromatic heterocycles. The monoisotopic (exact) mass is 628 g/mol. The summed E-state index contributed by atoms with van der Waals surface area (Å²) < 4.78 is 29.1. The molecule has 7 rings (SSSR count). The topological polar surface area (TPSA) is 115 Å². The number of hydrogen-bond donors (Lipinski definition) is 1.